The Morgan fingerprint density at radius 2 is 2.07 bits per heavy atom. The third-order valence-electron chi connectivity index (χ3n) is 1.31. The zero-order valence-corrected chi connectivity index (χ0v) is 8.39. The van der Waals surface area contributed by atoms with Crippen LogP contribution in [0.4, 0.5) is 18.0 Å². The molecule has 0 aliphatic heterocycles. The van der Waals surface area contributed by atoms with E-state index in [9.17, 15) is 18.0 Å². The largest absolute Gasteiger partial charge is 0.440 e. The molecule has 0 saturated heterocycles. The van der Waals surface area contributed by atoms with Crippen molar-refractivity contribution in [2.45, 2.75) is 19.5 Å². The first-order chi connectivity index (χ1) is 6.95. The van der Waals surface area contributed by atoms with Gasteiger partial charge >= 0.3 is 12.3 Å². The second-order valence-corrected chi connectivity index (χ2v) is 2.67. The van der Waals surface area contributed by atoms with Crippen LogP contribution in [0.5, 0.6) is 0 Å². The molecule has 0 unspecified atom stereocenters. The predicted octanol–water partition coefficient (Wildman–Crippen LogP) is 1.70. The topological polar surface area (TPSA) is 47.6 Å². The lowest BCUT2D eigenvalue weighted by Crippen LogP contribution is -2.30. The van der Waals surface area contributed by atoms with Gasteiger partial charge in [0.25, 0.3) is 0 Å². The molecule has 7 heteroatoms. The molecule has 0 aliphatic carbocycles. The molecule has 0 aromatic rings. The molecular weight excluding hydrogens is 215 g/mol. The molecule has 0 bridgehead atoms. The van der Waals surface area contributed by atoms with E-state index in [1.165, 1.54) is 0 Å². The summed E-state index contributed by atoms with van der Waals surface area (Å²) in [5.41, 5.74) is 0. The van der Waals surface area contributed by atoms with Crippen LogP contribution >= 0.6 is 0 Å². The van der Waals surface area contributed by atoms with Crippen LogP contribution in [-0.2, 0) is 9.47 Å². The van der Waals surface area contributed by atoms with E-state index in [2.05, 4.69) is 10.1 Å². The maximum atomic E-state index is 11.6. The van der Waals surface area contributed by atoms with Gasteiger partial charge in [-0.25, -0.2) is 4.79 Å². The van der Waals surface area contributed by atoms with Crippen molar-refractivity contribution in [1.82, 2.24) is 5.32 Å². The van der Waals surface area contributed by atoms with E-state index in [1.54, 1.807) is 0 Å². The number of rotatable bonds is 6. The van der Waals surface area contributed by atoms with E-state index < -0.39 is 18.9 Å². The minimum absolute atomic E-state index is 0.233. The second kappa shape index (κ2) is 7.33. The molecule has 4 nitrogen and oxygen atoms in total. The summed E-state index contributed by atoms with van der Waals surface area (Å²) in [5.74, 6) is 0. The highest BCUT2D eigenvalue weighted by atomic mass is 19.4. The molecule has 0 rings (SSSR count). The maximum Gasteiger partial charge on any atom is 0.422 e. The van der Waals surface area contributed by atoms with Crippen molar-refractivity contribution in [2.24, 2.45) is 0 Å². The zero-order valence-electron chi connectivity index (χ0n) is 8.39. The molecule has 0 radical (unpaired) electrons. The van der Waals surface area contributed by atoms with Crippen molar-refractivity contribution < 1.29 is 27.4 Å². The summed E-state index contributed by atoms with van der Waals surface area (Å²) in [5, 5.41) is 2.17. The van der Waals surface area contributed by atoms with E-state index in [4.69, 9.17) is 4.74 Å². The molecule has 0 spiro atoms. The van der Waals surface area contributed by atoms with Gasteiger partial charge in [-0.05, 0) is 13.3 Å². The van der Waals surface area contributed by atoms with Crippen molar-refractivity contribution in [3.8, 4) is 0 Å². The number of hydrogen-bond acceptors (Lipinski definition) is 3. The molecule has 0 atom stereocenters. The number of halogens is 3. The van der Waals surface area contributed by atoms with Crippen molar-refractivity contribution >= 4 is 6.09 Å². The Labute approximate surface area is 85.7 Å². The fourth-order valence-electron chi connectivity index (χ4n) is 0.707. The molecule has 0 heterocycles. The van der Waals surface area contributed by atoms with Gasteiger partial charge in [-0.2, -0.15) is 13.2 Å². The van der Waals surface area contributed by atoms with Crippen molar-refractivity contribution in [1.29, 1.82) is 0 Å². The summed E-state index contributed by atoms with van der Waals surface area (Å²) in [6, 6.07) is 0. The first kappa shape index (κ1) is 14.0. The first-order valence-corrected chi connectivity index (χ1v) is 4.51. The molecule has 15 heavy (non-hydrogen) atoms. The fraction of sp³-hybridized carbons (Fsp3) is 0.875. The lowest BCUT2D eigenvalue weighted by atomic mass is 10.4. The predicted molar refractivity (Wildman–Crippen MR) is 46.5 cm³/mol. The zero-order chi connectivity index (χ0) is 11.7. The number of nitrogens with one attached hydrogen (secondary N) is 1. The summed E-state index contributed by atoms with van der Waals surface area (Å²) in [6.07, 6.45) is -5.01. The van der Waals surface area contributed by atoms with Crippen molar-refractivity contribution in [3.05, 3.63) is 0 Å². The number of carbonyl (C=O) groups is 1. The highest BCUT2D eigenvalue weighted by Gasteiger charge is 2.29. The van der Waals surface area contributed by atoms with Crippen LogP contribution in [0.1, 0.15) is 13.3 Å². The van der Waals surface area contributed by atoms with Crippen LogP contribution in [0.25, 0.3) is 0 Å². The molecule has 90 valence electrons. The normalized spacial score (nSPS) is 11.2. The highest BCUT2D eigenvalue weighted by molar-refractivity contribution is 5.67. The number of amides is 1. The van der Waals surface area contributed by atoms with Crippen LogP contribution in [0.15, 0.2) is 0 Å². The fourth-order valence-corrected chi connectivity index (χ4v) is 0.707. The van der Waals surface area contributed by atoms with Gasteiger partial charge in [0.05, 0.1) is 0 Å². The Kier molecular flexibility index (Phi) is 6.85. The highest BCUT2D eigenvalue weighted by Crippen LogP contribution is 2.14. The molecule has 0 aliphatic rings. The van der Waals surface area contributed by atoms with Crippen LogP contribution in [0.2, 0.25) is 0 Å². The van der Waals surface area contributed by atoms with E-state index >= 15 is 0 Å². The molecule has 1 N–H and O–H groups in total. The standard InChI is InChI=1S/C8H14F3NO3/c1-2-14-5-3-4-12-7(13)15-6-8(9,10)11/h2-6H2,1H3,(H,12,13). The van der Waals surface area contributed by atoms with Crippen LogP contribution in [0.3, 0.4) is 0 Å². The number of ether oxygens (including phenoxy) is 2. The van der Waals surface area contributed by atoms with Crippen LogP contribution in [-0.4, -0.2) is 38.6 Å². The smallest absolute Gasteiger partial charge is 0.422 e. The van der Waals surface area contributed by atoms with Gasteiger partial charge in [0, 0.05) is 19.8 Å². The first-order valence-electron chi connectivity index (χ1n) is 4.51. The summed E-state index contributed by atoms with van der Waals surface area (Å²) in [4.78, 5) is 10.6. The number of alkyl halides is 3. The molecule has 0 fully saturated rings. The molecule has 0 saturated carbocycles. The number of carbonyl (C=O) groups excluding carboxylic acids is 1. The molecule has 0 aromatic heterocycles. The van der Waals surface area contributed by atoms with Gasteiger partial charge in [-0.1, -0.05) is 0 Å². The van der Waals surface area contributed by atoms with Gasteiger partial charge < -0.3 is 14.8 Å². The van der Waals surface area contributed by atoms with Gasteiger partial charge in [0.2, 0.25) is 0 Å². The molecule has 1 amide bonds. The third-order valence-corrected chi connectivity index (χ3v) is 1.31. The SMILES string of the molecule is CCOCCCNC(=O)OCC(F)(F)F. The minimum atomic E-state index is -4.48. The van der Waals surface area contributed by atoms with Gasteiger partial charge in [0.15, 0.2) is 6.61 Å². The number of alkyl carbamates (subject to hydrolysis) is 1. The Balaban J connectivity index is 3.34. The summed E-state index contributed by atoms with van der Waals surface area (Å²) in [7, 11) is 0. The monoisotopic (exact) mass is 229 g/mol. The van der Waals surface area contributed by atoms with Gasteiger partial charge in [-0.15, -0.1) is 0 Å². The summed E-state index contributed by atoms with van der Waals surface area (Å²) in [6.45, 7) is 1.51. The van der Waals surface area contributed by atoms with E-state index in [1.807, 2.05) is 6.92 Å². The van der Waals surface area contributed by atoms with E-state index in [-0.39, 0.29) is 6.54 Å². The quantitative estimate of drug-likeness (QED) is 0.705. The van der Waals surface area contributed by atoms with Gasteiger partial charge in [-0.3, -0.25) is 0 Å². The van der Waals surface area contributed by atoms with Crippen LogP contribution in [0, 0.1) is 0 Å². The second-order valence-electron chi connectivity index (χ2n) is 2.67. The van der Waals surface area contributed by atoms with Crippen molar-refractivity contribution in [3.63, 3.8) is 0 Å². The Morgan fingerprint density at radius 3 is 2.60 bits per heavy atom. The summed E-state index contributed by atoms with van der Waals surface area (Å²) < 4.78 is 43.6. The average molecular weight is 229 g/mol. The maximum absolute atomic E-state index is 11.6. The molecular formula is C8H14F3NO3. The van der Waals surface area contributed by atoms with E-state index in [0.717, 1.165) is 0 Å². The van der Waals surface area contributed by atoms with Crippen molar-refractivity contribution in [2.75, 3.05) is 26.4 Å². The van der Waals surface area contributed by atoms with E-state index in [0.29, 0.717) is 19.6 Å². The average Bonchev–Trinajstić information content (AvgIpc) is 2.13. The summed E-state index contributed by atoms with van der Waals surface area (Å²) >= 11 is 0. The Morgan fingerprint density at radius 1 is 1.40 bits per heavy atom. The Bertz CT molecular complexity index is 184. The number of hydrogen-bond donors (Lipinski definition) is 1. The lowest BCUT2D eigenvalue weighted by Gasteiger charge is -2.08. The Hall–Kier alpha value is -0.980. The van der Waals surface area contributed by atoms with Gasteiger partial charge in [0.1, 0.15) is 0 Å². The third kappa shape index (κ3) is 10.9. The lowest BCUT2D eigenvalue weighted by molar-refractivity contribution is -0.160. The van der Waals surface area contributed by atoms with Crippen LogP contribution < -0.4 is 5.32 Å². The molecule has 0 aromatic carbocycles. The minimum Gasteiger partial charge on any atom is -0.440 e.